The van der Waals surface area contributed by atoms with Crippen molar-refractivity contribution in [2.75, 3.05) is 25.0 Å². The van der Waals surface area contributed by atoms with Crippen LogP contribution in [0.2, 0.25) is 0 Å². The molecule has 0 radical (unpaired) electrons. The second-order valence-electron chi connectivity index (χ2n) is 7.90. The highest BCUT2D eigenvalue weighted by atomic mass is 32.2. The van der Waals surface area contributed by atoms with Crippen LogP contribution in [-0.4, -0.2) is 38.3 Å². The third-order valence-electron chi connectivity index (χ3n) is 5.66. The van der Waals surface area contributed by atoms with Crippen molar-refractivity contribution in [1.29, 1.82) is 0 Å². The highest BCUT2D eigenvalue weighted by molar-refractivity contribution is 7.89. The average molecular weight is 438 g/mol. The molecule has 3 aromatic rings. The molecule has 4 rings (SSSR count). The molecule has 1 aliphatic heterocycles. The smallest absolute Gasteiger partial charge is 0.243 e. The van der Waals surface area contributed by atoms with Crippen LogP contribution < -0.4 is 10.6 Å². The maximum atomic E-state index is 12.7. The highest BCUT2D eigenvalue weighted by Crippen LogP contribution is 2.23. The molecule has 0 bridgehead atoms. The van der Waals surface area contributed by atoms with Gasteiger partial charge in [0.05, 0.1) is 11.4 Å². The van der Waals surface area contributed by atoms with Crippen LogP contribution in [0.1, 0.15) is 31.4 Å². The molecular formula is C24H27N3O3S. The molecule has 0 unspecified atom stereocenters. The zero-order chi connectivity index (χ0) is 21.8. The van der Waals surface area contributed by atoms with Crippen molar-refractivity contribution in [3.8, 4) is 0 Å². The number of amides is 1. The van der Waals surface area contributed by atoms with Gasteiger partial charge in [-0.05, 0) is 60.4 Å². The predicted molar refractivity (Wildman–Crippen MR) is 123 cm³/mol. The van der Waals surface area contributed by atoms with Gasteiger partial charge in [-0.1, -0.05) is 42.5 Å². The zero-order valence-corrected chi connectivity index (χ0v) is 18.4. The Morgan fingerprint density at radius 3 is 2.48 bits per heavy atom. The summed E-state index contributed by atoms with van der Waals surface area (Å²) < 4.78 is 27.0. The van der Waals surface area contributed by atoms with Gasteiger partial charge >= 0.3 is 0 Å². The Morgan fingerprint density at radius 1 is 0.968 bits per heavy atom. The Bertz CT molecular complexity index is 1190. The number of anilines is 1. The molecule has 2 N–H and O–H groups in total. The number of carbonyl (C=O) groups excluding carboxylic acids is 1. The lowest BCUT2D eigenvalue weighted by molar-refractivity contribution is -0.115. The number of hydrogen-bond acceptors (Lipinski definition) is 4. The van der Waals surface area contributed by atoms with Crippen LogP contribution in [-0.2, 0) is 14.8 Å². The minimum atomic E-state index is -3.51. The van der Waals surface area contributed by atoms with E-state index in [9.17, 15) is 13.2 Å². The minimum absolute atomic E-state index is 0.00256. The van der Waals surface area contributed by atoms with Gasteiger partial charge in [0.1, 0.15) is 0 Å². The normalized spacial score (nSPS) is 15.8. The van der Waals surface area contributed by atoms with Crippen LogP contribution in [0.4, 0.5) is 5.69 Å². The molecule has 1 saturated heterocycles. The van der Waals surface area contributed by atoms with Crippen molar-refractivity contribution in [3.05, 3.63) is 72.3 Å². The summed E-state index contributed by atoms with van der Waals surface area (Å²) >= 11 is 0. The number of benzene rings is 3. The minimum Gasteiger partial charge on any atom is -0.325 e. The fourth-order valence-corrected chi connectivity index (χ4v) is 5.42. The molecule has 1 aliphatic rings. The van der Waals surface area contributed by atoms with Gasteiger partial charge in [-0.2, -0.15) is 4.31 Å². The van der Waals surface area contributed by atoms with Crippen molar-refractivity contribution in [3.63, 3.8) is 0 Å². The summed E-state index contributed by atoms with van der Waals surface area (Å²) in [5, 5.41) is 8.37. The van der Waals surface area contributed by atoms with E-state index in [2.05, 4.69) is 41.0 Å². The predicted octanol–water partition coefficient (Wildman–Crippen LogP) is 3.91. The topological polar surface area (TPSA) is 78.5 Å². The monoisotopic (exact) mass is 437 g/mol. The van der Waals surface area contributed by atoms with E-state index in [1.807, 2.05) is 19.1 Å². The maximum Gasteiger partial charge on any atom is 0.243 e. The largest absolute Gasteiger partial charge is 0.325 e. The number of fused-ring (bicyclic) bond motifs is 1. The van der Waals surface area contributed by atoms with Gasteiger partial charge in [0.2, 0.25) is 15.9 Å². The second-order valence-corrected chi connectivity index (χ2v) is 9.83. The first-order valence-corrected chi connectivity index (χ1v) is 12.0. The summed E-state index contributed by atoms with van der Waals surface area (Å²) in [6.07, 6.45) is 1.77. The number of carbonyl (C=O) groups is 1. The van der Waals surface area contributed by atoms with Crippen LogP contribution in [0.25, 0.3) is 10.8 Å². The van der Waals surface area contributed by atoms with Crippen LogP contribution in [0.3, 0.4) is 0 Å². The molecule has 1 heterocycles. The summed E-state index contributed by atoms with van der Waals surface area (Å²) in [4.78, 5) is 12.7. The third-order valence-corrected chi connectivity index (χ3v) is 7.56. The highest BCUT2D eigenvalue weighted by Gasteiger charge is 2.27. The number of nitrogens with zero attached hydrogens (tertiary/aromatic N) is 1. The molecule has 0 spiro atoms. The Hall–Kier alpha value is -2.74. The van der Waals surface area contributed by atoms with Crippen molar-refractivity contribution < 1.29 is 13.2 Å². The first-order chi connectivity index (χ1) is 14.9. The van der Waals surface area contributed by atoms with Crippen LogP contribution >= 0.6 is 0 Å². The van der Waals surface area contributed by atoms with Gasteiger partial charge in [0.15, 0.2) is 0 Å². The van der Waals surface area contributed by atoms with Gasteiger partial charge in [-0.15, -0.1) is 0 Å². The van der Waals surface area contributed by atoms with Crippen LogP contribution in [0, 0.1) is 0 Å². The molecule has 7 heteroatoms. The summed E-state index contributed by atoms with van der Waals surface area (Å²) in [6, 6.07) is 20.9. The summed E-state index contributed by atoms with van der Waals surface area (Å²) in [5.41, 5.74) is 1.58. The summed E-state index contributed by atoms with van der Waals surface area (Å²) in [5.74, 6) is -0.219. The Balaban J connectivity index is 1.37. The molecule has 31 heavy (non-hydrogen) atoms. The third kappa shape index (κ3) is 4.95. The fourth-order valence-electron chi connectivity index (χ4n) is 3.86. The number of hydrogen-bond donors (Lipinski definition) is 2. The number of nitrogens with one attached hydrogen (secondary N) is 2. The lowest BCUT2D eigenvalue weighted by Crippen LogP contribution is -2.30. The van der Waals surface area contributed by atoms with E-state index in [1.165, 1.54) is 15.8 Å². The van der Waals surface area contributed by atoms with Gasteiger partial charge in [0.25, 0.3) is 0 Å². The molecule has 0 saturated carbocycles. The van der Waals surface area contributed by atoms with Gasteiger partial charge in [-0.25, -0.2) is 8.42 Å². The van der Waals surface area contributed by atoms with E-state index in [0.717, 1.165) is 23.8 Å². The Morgan fingerprint density at radius 2 is 1.71 bits per heavy atom. The first kappa shape index (κ1) is 21.5. The zero-order valence-electron chi connectivity index (χ0n) is 17.5. The molecule has 1 fully saturated rings. The Kier molecular flexibility index (Phi) is 6.36. The molecule has 162 valence electrons. The number of sulfonamides is 1. The average Bonchev–Trinajstić information content (AvgIpc) is 3.33. The molecule has 1 amide bonds. The van der Waals surface area contributed by atoms with Crippen molar-refractivity contribution in [2.24, 2.45) is 0 Å². The fraction of sp³-hybridized carbons (Fsp3) is 0.292. The lowest BCUT2D eigenvalue weighted by atomic mass is 10.0. The van der Waals surface area contributed by atoms with Crippen molar-refractivity contribution in [2.45, 2.75) is 30.7 Å². The number of rotatable bonds is 7. The molecule has 0 aliphatic carbocycles. The lowest BCUT2D eigenvalue weighted by Gasteiger charge is -2.17. The molecule has 1 atom stereocenters. The molecule has 0 aromatic heterocycles. The maximum absolute atomic E-state index is 12.7. The van der Waals surface area contributed by atoms with Crippen LogP contribution in [0.5, 0.6) is 0 Å². The molecule has 6 nitrogen and oxygen atoms in total. The van der Waals surface area contributed by atoms with E-state index < -0.39 is 10.0 Å². The van der Waals surface area contributed by atoms with Gasteiger partial charge in [-0.3, -0.25) is 4.79 Å². The second kappa shape index (κ2) is 9.18. The van der Waals surface area contributed by atoms with Gasteiger partial charge in [0, 0.05) is 24.8 Å². The van der Waals surface area contributed by atoms with Crippen LogP contribution in [0.15, 0.2) is 71.6 Å². The Labute approximate surface area is 183 Å². The molecule has 3 aromatic carbocycles. The van der Waals surface area contributed by atoms with E-state index in [4.69, 9.17) is 0 Å². The summed E-state index contributed by atoms with van der Waals surface area (Å²) in [6.45, 7) is 3.24. The standard InChI is InChI=1S/C24H27N3O3S/c1-18(20-12-11-19-7-2-3-8-21(19)15-20)25-17-24(28)26-22-9-6-10-23(16-22)31(29,30)27-13-4-5-14-27/h2-3,6-12,15-16,18,25H,4-5,13-14,17H2,1H3,(H,26,28)/t18-/m0/s1. The van der Waals surface area contributed by atoms with E-state index in [-0.39, 0.29) is 23.4 Å². The van der Waals surface area contributed by atoms with Crippen molar-refractivity contribution in [1.82, 2.24) is 9.62 Å². The van der Waals surface area contributed by atoms with E-state index in [1.54, 1.807) is 18.2 Å². The molecular weight excluding hydrogens is 410 g/mol. The van der Waals surface area contributed by atoms with E-state index in [0.29, 0.717) is 18.8 Å². The van der Waals surface area contributed by atoms with Gasteiger partial charge < -0.3 is 10.6 Å². The van der Waals surface area contributed by atoms with E-state index >= 15 is 0 Å². The SMILES string of the molecule is C[C@H](NCC(=O)Nc1cccc(S(=O)(=O)N2CCCC2)c1)c1ccc2ccccc2c1. The quantitative estimate of drug-likeness (QED) is 0.587. The first-order valence-electron chi connectivity index (χ1n) is 10.6. The van der Waals surface area contributed by atoms with Crippen molar-refractivity contribution >= 4 is 32.4 Å². The summed E-state index contributed by atoms with van der Waals surface area (Å²) in [7, 11) is -3.51.